The number of hydrogen-bond acceptors (Lipinski definition) is 8. The van der Waals surface area contributed by atoms with E-state index in [4.69, 9.17) is 14.6 Å². The van der Waals surface area contributed by atoms with Gasteiger partial charge in [0.1, 0.15) is 17.5 Å². The van der Waals surface area contributed by atoms with E-state index in [2.05, 4.69) is 9.71 Å². The number of sulfonamides is 1. The molecule has 0 saturated heterocycles. The molecular formula is C20H26N2O6S2. The molecule has 1 heterocycles. The predicted molar refractivity (Wildman–Crippen MR) is 115 cm³/mol. The van der Waals surface area contributed by atoms with Crippen LogP contribution in [0, 0.1) is 0 Å². The third kappa shape index (κ3) is 6.69. The number of nitrogens with zero attached hydrogens (tertiary/aromatic N) is 1. The number of esters is 1. The third-order valence-electron chi connectivity index (χ3n) is 4.20. The van der Waals surface area contributed by atoms with Crippen molar-refractivity contribution in [2.45, 2.75) is 36.0 Å². The number of rotatable bonds is 11. The molecule has 0 aliphatic heterocycles. The normalized spacial score (nSPS) is 12.9. The summed E-state index contributed by atoms with van der Waals surface area (Å²) >= 11 is 1.38. The summed E-state index contributed by atoms with van der Waals surface area (Å²) in [6.45, 7) is 3.53. The minimum Gasteiger partial charge on any atom is -0.468 e. The van der Waals surface area contributed by atoms with Crippen LogP contribution in [0.5, 0.6) is 11.5 Å². The molecule has 8 nitrogen and oxygen atoms in total. The summed E-state index contributed by atoms with van der Waals surface area (Å²) in [5.74, 6) is 0.924. The van der Waals surface area contributed by atoms with Gasteiger partial charge in [-0.1, -0.05) is 0 Å². The molecule has 2 rings (SSSR count). The van der Waals surface area contributed by atoms with Crippen LogP contribution in [0.4, 0.5) is 0 Å². The van der Waals surface area contributed by atoms with Gasteiger partial charge in [0.25, 0.3) is 0 Å². The number of carbonyl (C=O) groups is 1. The second kappa shape index (κ2) is 10.8. The van der Waals surface area contributed by atoms with Crippen LogP contribution in [-0.4, -0.2) is 54.7 Å². The van der Waals surface area contributed by atoms with Crippen molar-refractivity contribution in [3.63, 3.8) is 0 Å². The highest BCUT2D eigenvalue weighted by molar-refractivity contribution is 8.00. The number of aliphatic hydroxyl groups is 1. The number of thioether (sulfide) groups is 1. The van der Waals surface area contributed by atoms with Crippen molar-refractivity contribution >= 4 is 27.8 Å². The molecule has 0 bridgehead atoms. The van der Waals surface area contributed by atoms with E-state index in [1.54, 1.807) is 38.4 Å². The van der Waals surface area contributed by atoms with Crippen LogP contribution in [0.1, 0.15) is 20.3 Å². The lowest BCUT2D eigenvalue weighted by atomic mass is 10.0. The number of hydrogen-bond donors (Lipinski definition) is 2. The number of nitrogens with one attached hydrogen (secondary N) is 1. The molecule has 1 aromatic heterocycles. The van der Waals surface area contributed by atoms with Gasteiger partial charge in [-0.2, -0.15) is 16.5 Å². The number of methoxy groups -OCH3 is 1. The first-order chi connectivity index (χ1) is 14.2. The second-order valence-electron chi connectivity index (χ2n) is 6.86. The van der Waals surface area contributed by atoms with Gasteiger partial charge in [0, 0.05) is 23.7 Å². The molecule has 0 unspecified atom stereocenters. The van der Waals surface area contributed by atoms with E-state index in [0.717, 1.165) is 0 Å². The summed E-state index contributed by atoms with van der Waals surface area (Å²) in [6.07, 6.45) is 3.71. The highest BCUT2D eigenvalue weighted by Crippen LogP contribution is 2.31. The zero-order chi connectivity index (χ0) is 22.2. The van der Waals surface area contributed by atoms with Gasteiger partial charge < -0.3 is 14.6 Å². The van der Waals surface area contributed by atoms with Gasteiger partial charge in [0.05, 0.1) is 12.0 Å². The largest absolute Gasteiger partial charge is 0.468 e. The van der Waals surface area contributed by atoms with Crippen molar-refractivity contribution in [1.29, 1.82) is 0 Å². The van der Waals surface area contributed by atoms with Gasteiger partial charge in [-0.25, -0.2) is 8.42 Å². The first-order valence-corrected chi connectivity index (χ1v) is 11.7. The lowest BCUT2D eigenvalue weighted by molar-refractivity contribution is -0.143. The van der Waals surface area contributed by atoms with Crippen molar-refractivity contribution in [2.75, 3.05) is 19.5 Å². The molecule has 0 saturated carbocycles. The quantitative estimate of drug-likeness (QED) is 0.393. The van der Waals surface area contributed by atoms with Gasteiger partial charge >= 0.3 is 5.97 Å². The zero-order valence-corrected chi connectivity index (χ0v) is 18.7. The van der Waals surface area contributed by atoms with E-state index in [0.29, 0.717) is 23.7 Å². The van der Waals surface area contributed by atoms with E-state index >= 15 is 0 Å². The minimum absolute atomic E-state index is 0.00496. The maximum absolute atomic E-state index is 12.9. The molecule has 0 spiro atoms. The first-order valence-electron chi connectivity index (χ1n) is 9.22. The molecule has 2 aromatic rings. The standard InChI is InChI=1S/C20H26N2O6S2/c1-20(2,29-14-4-13-23)18(19(24)27-3)22-30(25,26)17-7-5-15(6-8-17)28-16-9-11-21-12-10-16/h5-12,18,22-23H,4,13-14H2,1-3H3/t18-/m0/s1. The Morgan fingerprint density at radius 2 is 1.77 bits per heavy atom. The molecule has 1 atom stereocenters. The Morgan fingerprint density at radius 3 is 2.33 bits per heavy atom. The molecule has 1 aromatic carbocycles. The number of pyridine rings is 1. The maximum Gasteiger partial charge on any atom is 0.325 e. The highest BCUT2D eigenvalue weighted by Gasteiger charge is 2.39. The second-order valence-corrected chi connectivity index (χ2v) is 10.3. The van der Waals surface area contributed by atoms with E-state index in [1.165, 1.54) is 43.1 Å². The summed E-state index contributed by atoms with van der Waals surface area (Å²) in [5, 5.41) is 8.98. The van der Waals surface area contributed by atoms with Crippen LogP contribution in [0.2, 0.25) is 0 Å². The molecule has 10 heteroatoms. The van der Waals surface area contributed by atoms with Crippen LogP contribution in [0.25, 0.3) is 0 Å². The van der Waals surface area contributed by atoms with Gasteiger partial charge in [0.2, 0.25) is 10.0 Å². The smallest absolute Gasteiger partial charge is 0.325 e. The molecule has 2 N–H and O–H groups in total. The number of carbonyl (C=O) groups excluding carboxylic acids is 1. The average Bonchev–Trinajstić information content (AvgIpc) is 2.72. The fourth-order valence-electron chi connectivity index (χ4n) is 2.53. The topological polar surface area (TPSA) is 115 Å². The van der Waals surface area contributed by atoms with E-state index in [-0.39, 0.29) is 11.5 Å². The van der Waals surface area contributed by atoms with Crippen LogP contribution in [-0.2, 0) is 19.6 Å². The van der Waals surface area contributed by atoms with E-state index in [9.17, 15) is 13.2 Å². The Kier molecular flexibility index (Phi) is 8.65. The van der Waals surface area contributed by atoms with Crippen LogP contribution in [0.3, 0.4) is 0 Å². The molecule has 0 aliphatic rings. The van der Waals surface area contributed by atoms with Crippen molar-refractivity contribution in [2.24, 2.45) is 0 Å². The molecule has 0 aliphatic carbocycles. The van der Waals surface area contributed by atoms with Gasteiger partial charge in [-0.3, -0.25) is 9.78 Å². The lowest BCUT2D eigenvalue weighted by Gasteiger charge is -2.32. The molecule has 0 amide bonds. The van der Waals surface area contributed by atoms with Crippen molar-refractivity contribution in [3.05, 3.63) is 48.8 Å². The molecule has 30 heavy (non-hydrogen) atoms. The van der Waals surface area contributed by atoms with Crippen molar-refractivity contribution in [3.8, 4) is 11.5 Å². The Labute approximate surface area is 181 Å². The van der Waals surface area contributed by atoms with E-state index in [1.807, 2.05) is 0 Å². The van der Waals surface area contributed by atoms with Gasteiger partial charge in [0.15, 0.2) is 0 Å². The molecule has 0 radical (unpaired) electrons. The summed E-state index contributed by atoms with van der Waals surface area (Å²) in [6, 6.07) is 8.13. The van der Waals surface area contributed by atoms with Crippen LogP contribution in [0.15, 0.2) is 53.7 Å². The number of ether oxygens (including phenoxy) is 2. The van der Waals surface area contributed by atoms with Crippen molar-refractivity contribution < 1.29 is 27.8 Å². The fourth-order valence-corrected chi connectivity index (χ4v) is 5.05. The van der Waals surface area contributed by atoms with Gasteiger partial charge in [-0.15, -0.1) is 0 Å². The number of aromatic nitrogens is 1. The Hall–Kier alpha value is -2.14. The maximum atomic E-state index is 12.9. The SMILES string of the molecule is COC(=O)[C@H](NS(=O)(=O)c1ccc(Oc2ccncc2)cc1)C(C)(C)SCCCO. The van der Waals surface area contributed by atoms with E-state index < -0.39 is 26.8 Å². The van der Waals surface area contributed by atoms with Crippen LogP contribution >= 0.6 is 11.8 Å². The third-order valence-corrected chi connectivity index (χ3v) is 7.11. The molecular weight excluding hydrogens is 428 g/mol. The number of benzene rings is 1. The summed E-state index contributed by atoms with van der Waals surface area (Å²) < 4.78 is 37.9. The first kappa shape index (κ1) is 24.1. The zero-order valence-electron chi connectivity index (χ0n) is 17.1. The average molecular weight is 455 g/mol. The molecule has 164 valence electrons. The summed E-state index contributed by atoms with van der Waals surface area (Å²) in [7, 11) is -2.79. The summed E-state index contributed by atoms with van der Waals surface area (Å²) in [4.78, 5) is 16.2. The lowest BCUT2D eigenvalue weighted by Crippen LogP contribution is -2.53. The highest BCUT2D eigenvalue weighted by atomic mass is 32.2. The Morgan fingerprint density at radius 1 is 1.17 bits per heavy atom. The van der Waals surface area contributed by atoms with Crippen molar-refractivity contribution in [1.82, 2.24) is 9.71 Å². The fraction of sp³-hybridized carbons (Fsp3) is 0.400. The predicted octanol–water partition coefficient (Wildman–Crippen LogP) is 2.59. The van der Waals surface area contributed by atoms with Crippen LogP contribution < -0.4 is 9.46 Å². The monoisotopic (exact) mass is 454 g/mol. The molecule has 0 fully saturated rings. The van der Waals surface area contributed by atoms with Gasteiger partial charge in [-0.05, 0) is 62.4 Å². The Bertz CT molecular complexity index is 918. The Balaban J connectivity index is 2.17. The summed E-state index contributed by atoms with van der Waals surface area (Å²) in [5.41, 5.74) is 0. The number of aliphatic hydroxyl groups excluding tert-OH is 1. The minimum atomic E-state index is -4.00.